The van der Waals surface area contributed by atoms with E-state index >= 15 is 0 Å². The standard InChI is InChI=1S/C11H11NO2/c1-8(6-7-12)9-4-2-3-5-10(9)11(13)14/h2-5,8H,6H2,1H3,(H,13,14). The van der Waals surface area contributed by atoms with Crippen molar-refractivity contribution >= 4 is 5.97 Å². The minimum Gasteiger partial charge on any atom is -0.478 e. The lowest BCUT2D eigenvalue weighted by Crippen LogP contribution is -2.04. The largest absolute Gasteiger partial charge is 0.478 e. The van der Waals surface area contributed by atoms with E-state index in [4.69, 9.17) is 10.4 Å². The average molecular weight is 189 g/mol. The molecule has 1 aromatic carbocycles. The van der Waals surface area contributed by atoms with Crippen LogP contribution in [0, 0.1) is 11.3 Å². The molecule has 3 nitrogen and oxygen atoms in total. The fourth-order valence-electron chi connectivity index (χ4n) is 1.37. The van der Waals surface area contributed by atoms with Crippen molar-refractivity contribution in [3.63, 3.8) is 0 Å². The van der Waals surface area contributed by atoms with Crippen molar-refractivity contribution in [3.8, 4) is 6.07 Å². The number of nitrogens with zero attached hydrogens (tertiary/aromatic N) is 1. The molecule has 0 saturated heterocycles. The van der Waals surface area contributed by atoms with Crippen molar-refractivity contribution in [1.29, 1.82) is 5.26 Å². The zero-order valence-corrected chi connectivity index (χ0v) is 7.90. The molecule has 14 heavy (non-hydrogen) atoms. The van der Waals surface area contributed by atoms with E-state index in [0.717, 1.165) is 5.56 Å². The molecule has 0 fully saturated rings. The topological polar surface area (TPSA) is 61.1 Å². The number of carboxylic acid groups (broad SMARTS) is 1. The molecule has 0 aliphatic rings. The van der Waals surface area contributed by atoms with Crippen LogP contribution >= 0.6 is 0 Å². The molecule has 1 aromatic rings. The molecule has 3 heteroatoms. The van der Waals surface area contributed by atoms with Crippen LogP contribution in [0.15, 0.2) is 24.3 Å². The monoisotopic (exact) mass is 189 g/mol. The van der Waals surface area contributed by atoms with Gasteiger partial charge in [0, 0.05) is 6.42 Å². The summed E-state index contributed by atoms with van der Waals surface area (Å²) in [5.74, 6) is -0.974. The van der Waals surface area contributed by atoms with Gasteiger partial charge in [-0.1, -0.05) is 25.1 Å². The molecule has 72 valence electrons. The maximum atomic E-state index is 10.8. The van der Waals surface area contributed by atoms with Crippen molar-refractivity contribution < 1.29 is 9.90 Å². The van der Waals surface area contributed by atoms with Crippen LogP contribution in [0.5, 0.6) is 0 Å². The zero-order chi connectivity index (χ0) is 10.6. The van der Waals surface area contributed by atoms with Gasteiger partial charge < -0.3 is 5.11 Å². The first-order valence-electron chi connectivity index (χ1n) is 4.36. The second-order valence-corrected chi connectivity index (χ2v) is 3.16. The molecule has 0 radical (unpaired) electrons. The Balaban J connectivity index is 3.08. The molecule has 1 atom stereocenters. The average Bonchev–Trinajstić information content (AvgIpc) is 2.18. The van der Waals surface area contributed by atoms with Gasteiger partial charge in [-0.05, 0) is 17.5 Å². The first kappa shape index (κ1) is 10.3. The Morgan fingerprint density at radius 3 is 2.79 bits per heavy atom. The van der Waals surface area contributed by atoms with Gasteiger partial charge in [0.15, 0.2) is 0 Å². The molecule has 0 aromatic heterocycles. The van der Waals surface area contributed by atoms with Crippen LogP contribution in [0.3, 0.4) is 0 Å². The quantitative estimate of drug-likeness (QED) is 0.794. The summed E-state index contributed by atoms with van der Waals surface area (Å²) in [6, 6.07) is 8.83. The Morgan fingerprint density at radius 1 is 1.57 bits per heavy atom. The minimum absolute atomic E-state index is 0.0349. The van der Waals surface area contributed by atoms with Gasteiger partial charge in [0.2, 0.25) is 0 Å². The highest BCUT2D eigenvalue weighted by Crippen LogP contribution is 2.22. The predicted octanol–water partition coefficient (Wildman–Crippen LogP) is 2.40. The summed E-state index contributed by atoms with van der Waals surface area (Å²) in [4.78, 5) is 10.8. The van der Waals surface area contributed by atoms with E-state index in [1.54, 1.807) is 24.3 Å². The maximum absolute atomic E-state index is 10.8. The molecule has 0 heterocycles. The lowest BCUT2D eigenvalue weighted by atomic mass is 9.94. The fourth-order valence-corrected chi connectivity index (χ4v) is 1.37. The molecule has 0 amide bonds. The third kappa shape index (κ3) is 2.11. The number of nitriles is 1. The van der Waals surface area contributed by atoms with Crippen LogP contribution < -0.4 is 0 Å². The highest BCUT2D eigenvalue weighted by atomic mass is 16.4. The first-order valence-corrected chi connectivity index (χ1v) is 4.36. The second kappa shape index (κ2) is 4.43. The Bertz CT molecular complexity index is 379. The van der Waals surface area contributed by atoms with Crippen LogP contribution in [0.1, 0.15) is 35.2 Å². The third-order valence-electron chi connectivity index (χ3n) is 2.12. The molecule has 1 unspecified atom stereocenters. The van der Waals surface area contributed by atoms with Crippen LogP contribution in [-0.2, 0) is 0 Å². The van der Waals surface area contributed by atoms with E-state index in [2.05, 4.69) is 0 Å². The number of hydrogen-bond donors (Lipinski definition) is 1. The van der Waals surface area contributed by atoms with E-state index in [-0.39, 0.29) is 11.5 Å². The summed E-state index contributed by atoms with van der Waals surface area (Å²) < 4.78 is 0. The van der Waals surface area contributed by atoms with Gasteiger partial charge in [0.25, 0.3) is 0 Å². The van der Waals surface area contributed by atoms with Crippen molar-refractivity contribution in [2.45, 2.75) is 19.3 Å². The maximum Gasteiger partial charge on any atom is 0.335 e. The highest BCUT2D eigenvalue weighted by molar-refractivity contribution is 5.89. The molecule has 0 bridgehead atoms. The molecule has 0 aliphatic heterocycles. The molecule has 0 aliphatic carbocycles. The summed E-state index contributed by atoms with van der Waals surface area (Å²) in [6.07, 6.45) is 0.338. The number of carboxylic acids is 1. The molecule has 1 rings (SSSR count). The molecular formula is C11H11NO2. The van der Waals surface area contributed by atoms with Crippen LogP contribution in [-0.4, -0.2) is 11.1 Å². The fraction of sp³-hybridized carbons (Fsp3) is 0.273. The Morgan fingerprint density at radius 2 is 2.21 bits per heavy atom. The van der Waals surface area contributed by atoms with E-state index < -0.39 is 5.97 Å². The van der Waals surface area contributed by atoms with Crippen molar-refractivity contribution in [2.75, 3.05) is 0 Å². The van der Waals surface area contributed by atoms with Crippen LogP contribution in [0.2, 0.25) is 0 Å². The van der Waals surface area contributed by atoms with Crippen molar-refractivity contribution in [1.82, 2.24) is 0 Å². The summed E-state index contributed by atoms with van der Waals surface area (Å²) >= 11 is 0. The SMILES string of the molecule is CC(CC#N)c1ccccc1C(=O)O. The molecular weight excluding hydrogens is 178 g/mol. The molecule has 0 saturated carbocycles. The summed E-state index contributed by atoms with van der Waals surface area (Å²) in [5, 5.41) is 17.4. The zero-order valence-electron chi connectivity index (χ0n) is 7.90. The van der Waals surface area contributed by atoms with Gasteiger partial charge >= 0.3 is 5.97 Å². The van der Waals surface area contributed by atoms with Gasteiger partial charge in [-0.25, -0.2) is 4.79 Å². The number of carbonyl (C=O) groups is 1. The normalized spacial score (nSPS) is 11.7. The summed E-state index contributed by atoms with van der Waals surface area (Å²) in [5.41, 5.74) is 1.01. The Labute approximate surface area is 82.6 Å². The smallest absolute Gasteiger partial charge is 0.335 e. The number of aromatic carboxylic acids is 1. The lowest BCUT2D eigenvalue weighted by Gasteiger charge is -2.10. The highest BCUT2D eigenvalue weighted by Gasteiger charge is 2.13. The van der Waals surface area contributed by atoms with E-state index in [1.165, 1.54) is 0 Å². The van der Waals surface area contributed by atoms with Gasteiger partial charge in [-0.3, -0.25) is 0 Å². The predicted molar refractivity (Wildman–Crippen MR) is 52.0 cm³/mol. The van der Waals surface area contributed by atoms with Crippen LogP contribution in [0.4, 0.5) is 0 Å². The lowest BCUT2D eigenvalue weighted by molar-refractivity contribution is 0.0695. The number of hydrogen-bond acceptors (Lipinski definition) is 2. The van der Waals surface area contributed by atoms with Gasteiger partial charge in [0.1, 0.15) is 0 Å². The minimum atomic E-state index is -0.939. The number of benzene rings is 1. The van der Waals surface area contributed by atoms with Crippen molar-refractivity contribution in [3.05, 3.63) is 35.4 Å². The summed E-state index contributed by atoms with van der Waals surface area (Å²) in [7, 11) is 0. The third-order valence-corrected chi connectivity index (χ3v) is 2.12. The van der Waals surface area contributed by atoms with E-state index in [1.807, 2.05) is 13.0 Å². The van der Waals surface area contributed by atoms with E-state index in [9.17, 15) is 4.79 Å². The Kier molecular flexibility index (Phi) is 3.24. The Hall–Kier alpha value is -1.82. The van der Waals surface area contributed by atoms with Gasteiger partial charge in [0.05, 0.1) is 11.6 Å². The van der Waals surface area contributed by atoms with Gasteiger partial charge in [-0.2, -0.15) is 5.26 Å². The molecule has 0 spiro atoms. The number of rotatable bonds is 3. The summed E-state index contributed by atoms with van der Waals surface area (Å²) in [6.45, 7) is 1.85. The molecule has 1 N–H and O–H groups in total. The first-order chi connectivity index (χ1) is 6.66. The van der Waals surface area contributed by atoms with Crippen molar-refractivity contribution in [2.24, 2.45) is 0 Å². The second-order valence-electron chi connectivity index (χ2n) is 3.16. The van der Waals surface area contributed by atoms with E-state index in [0.29, 0.717) is 6.42 Å². The van der Waals surface area contributed by atoms with Gasteiger partial charge in [-0.15, -0.1) is 0 Å². The van der Waals surface area contributed by atoms with Crippen LogP contribution in [0.25, 0.3) is 0 Å².